The van der Waals surface area contributed by atoms with Crippen molar-refractivity contribution >= 4 is 17.5 Å². The number of rotatable bonds is 6. The lowest BCUT2D eigenvalue weighted by Crippen LogP contribution is -2.26. The summed E-state index contributed by atoms with van der Waals surface area (Å²) in [5.41, 5.74) is -0.827. The average molecular weight is 282 g/mol. The van der Waals surface area contributed by atoms with E-state index < -0.39 is 28.2 Å². The molecule has 0 amide bonds. The minimum Gasteiger partial charge on any atom is -0.384 e. The Morgan fingerprint density at radius 2 is 2.06 bits per heavy atom. The van der Waals surface area contributed by atoms with Crippen LogP contribution in [0.5, 0.6) is 0 Å². The number of carbonyl (C=O) groups is 1. The summed E-state index contributed by atoms with van der Waals surface area (Å²) in [7, 11) is 1.33. The van der Waals surface area contributed by atoms with Gasteiger partial charge in [-0.1, -0.05) is 11.8 Å². The van der Waals surface area contributed by atoms with Crippen molar-refractivity contribution < 1.29 is 27.1 Å². The molecule has 1 aromatic rings. The Labute approximate surface area is 105 Å². The zero-order chi connectivity index (χ0) is 13.8. The smallest absolute Gasteiger partial charge is 0.356 e. The fourth-order valence-electron chi connectivity index (χ4n) is 1.15. The van der Waals surface area contributed by atoms with Crippen LogP contribution >= 0.6 is 11.8 Å². The summed E-state index contributed by atoms with van der Waals surface area (Å²) in [4.78, 5) is 11.4. The second-order valence-corrected chi connectivity index (χ2v) is 4.52. The van der Waals surface area contributed by atoms with E-state index in [0.717, 1.165) is 6.07 Å². The molecule has 1 aromatic carbocycles. The minimum atomic E-state index is -3.77. The number of Topliss-reactive ketones (excluding diaryl/α,β-unsaturated/α-hetero) is 1. The standard InChI is InChI=1S/C11H10F4O2S/c1-17-4-5-18-11(14,15)10(16)8-3-2-7(12)6-9(8)13/h2-3,6H,4-5H2,1H3. The van der Waals surface area contributed by atoms with E-state index in [4.69, 9.17) is 0 Å². The van der Waals surface area contributed by atoms with Crippen molar-refractivity contribution in [1.29, 1.82) is 0 Å². The molecule has 0 atom stereocenters. The quantitative estimate of drug-likeness (QED) is 0.455. The number of halogens is 4. The maximum atomic E-state index is 13.4. The molecule has 2 nitrogen and oxygen atoms in total. The summed E-state index contributed by atoms with van der Waals surface area (Å²) in [5.74, 6) is -4.02. The third kappa shape index (κ3) is 3.71. The zero-order valence-corrected chi connectivity index (χ0v) is 10.2. The first-order valence-electron chi connectivity index (χ1n) is 4.89. The van der Waals surface area contributed by atoms with Gasteiger partial charge in [-0.05, 0) is 12.1 Å². The monoisotopic (exact) mass is 282 g/mol. The molecule has 0 aliphatic rings. The first-order chi connectivity index (χ1) is 8.38. The Morgan fingerprint density at radius 1 is 1.39 bits per heavy atom. The fraction of sp³-hybridized carbons (Fsp3) is 0.364. The van der Waals surface area contributed by atoms with Crippen LogP contribution in [0.2, 0.25) is 0 Å². The first kappa shape index (κ1) is 15.0. The minimum absolute atomic E-state index is 0.0411. The van der Waals surface area contributed by atoms with E-state index in [1.54, 1.807) is 0 Å². The Balaban J connectivity index is 2.84. The van der Waals surface area contributed by atoms with Crippen molar-refractivity contribution in [3.05, 3.63) is 35.4 Å². The SMILES string of the molecule is COCCSC(F)(F)C(=O)c1ccc(F)cc1F. The van der Waals surface area contributed by atoms with Gasteiger partial charge < -0.3 is 4.74 Å². The molecule has 0 aliphatic carbocycles. The predicted molar refractivity (Wildman–Crippen MR) is 60.0 cm³/mol. The van der Waals surface area contributed by atoms with E-state index in [0.29, 0.717) is 12.1 Å². The zero-order valence-electron chi connectivity index (χ0n) is 9.38. The van der Waals surface area contributed by atoms with Gasteiger partial charge in [-0.3, -0.25) is 4.79 Å². The largest absolute Gasteiger partial charge is 0.384 e. The summed E-state index contributed by atoms with van der Waals surface area (Å²) in [6.07, 6.45) is 0. The van der Waals surface area contributed by atoms with Crippen molar-refractivity contribution in [3.63, 3.8) is 0 Å². The molecule has 0 radical (unpaired) electrons. The molecule has 0 spiro atoms. The van der Waals surface area contributed by atoms with Crippen molar-refractivity contribution in [2.24, 2.45) is 0 Å². The molecule has 0 fully saturated rings. The Kier molecular flexibility index (Phi) is 5.15. The lowest BCUT2D eigenvalue weighted by molar-refractivity contribution is 0.0560. The normalized spacial score (nSPS) is 11.6. The molecule has 0 aromatic heterocycles. The van der Waals surface area contributed by atoms with E-state index in [1.165, 1.54) is 7.11 Å². The summed E-state index contributed by atoms with van der Waals surface area (Å²) in [5, 5.41) is -3.77. The second-order valence-electron chi connectivity index (χ2n) is 3.31. The van der Waals surface area contributed by atoms with Crippen LogP contribution in [0.3, 0.4) is 0 Å². The Morgan fingerprint density at radius 3 is 2.61 bits per heavy atom. The van der Waals surface area contributed by atoms with Crippen molar-refractivity contribution in [1.82, 2.24) is 0 Å². The van der Waals surface area contributed by atoms with Gasteiger partial charge in [-0.25, -0.2) is 8.78 Å². The van der Waals surface area contributed by atoms with E-state index in [-0.39, 0.29) is 24.1 Å². The number of ketones is 1. The predicted octanol–water partition coefficient (Wildman–Crippen LogP) is 3.12. The van der Waals surface area contributed by atoms with Crippen molar-refractivity contribution in [2.45, 2.75) is 5.25 Å². The van der Waals surface area contributed by atoms with Crippen LogP contribution < -0.4 is 0 Å². The fourth-order valence-corrected chi connectivity index (χ4v) is 1.90. The van der Waals surface area contributed by atoms with Gasteiger partial charge in [0.1, 0.15) is 11.6 Å². The molecule has 100 valence electrons. The number of alkyl halides is 2. The topological polar surface area (TPSA) is 26.3 Å². The number of hydrogen-bond donors (Lipinski definition) is 0. The molecule has 0 saturated carbocycles. The van der Waals surface area contributed by atoms with E-state index in [2.05, 4.69) is 4.74 Å². The molecule has 0 aliphatic heterocycles. The number of benzene rings is 1. The number of ether oxygens (including phenoxy) is 1. The lowest BCUT2D eigenvalue weighted by Gasteiger charge is -2.14. The highest BCUT2D eigenvalue weighted by Gasteiger charge is 2.41. The van der Waals surface area contributed by atoms with Gasteiger partial charge in [0.25, 0.3) is 0 Å². The number of carbonyl (C=O) groups excluding carboxylic acids is 1. The lowest BCUT2D eigenvalue weighted by atomic mass is 10.1. The van der Waals surface area contributed by atoms with Crippen LogP contribution in [0.4, 0.5) is 17.6 Å². The second kappa shape index (κ2) is 6.19. The summed E-state index contributed by atoms with van der Waals surface area (Å²) >= 11 is 0.0508. The Bertz CT molecular complexity index is 437. The maximum Gasteiger partial charge on any atom is 0.356 e. The molecule has 0 N–H and O–H groups in total. The summed E-state index contributed by atoms with van der Waals surface area (Å²) < 4.78 is 57.2. The molecular formula is C11H10F4O2S. The van der Waals surface area contributed by atoms with Gasteiger partial charge in [0.2, 0.25) is 5.78 Å². The van der Waals surface area contributed by atoms with Crippen molar-refractivity contribution in [2.75, 3.05) is 19.5 Å². The summed E-state index contributed by atoms with van der Waals surface area (Å²) in [6.45, 7) is 0.0411. The van der Waals surface area contributed by atoms with E-state index in [1.807, 2.05) is 0 Å². The van der Waals surface area contributed by atoms with E-state index in [9.17, 15) is 22.4 Å². The van der Waals surface area contributed by atoms with Gasteiger partial charge in [-0.15, -0.1) is 0 Å². The number of methoxy groups -OCH3 is 1. The van der Waals surface area contributed by atoms with E-state index >= 15 is 0 Å². The molecular weight excluding hydrogens is 272 g/mol. The highest BCUT2D eigenvalue weighted by Crippen LogP contribution is 2.33. The number of hydrogen-bond acceptors (Lipinski definition) is 3. The van der Waals surface area contributed by atoms with Crippen LogP contribution in [0.1, 0.15) is 10.4 Å². The van der Waals surface area contributed by atoms with Crippen LogP contribution in [0, 0.1) is 11.6 Å². The third-order valence-corrected chi connectivity index (χ3v) is 2.93. The Hall–Kier alpha value is -1.08. The van der Waals surface area contributed by atoms with Crippen LogP contribution in [0.15, 0.2) is 18.2 Å². The highest BCUT2D eigenvalue weighted by molar-refractivity contribution is 8.01. The first-order valence-corrected chi connectivity index (χ1v) is 5.87. The molecule has 0 saturated heterocycles. The van der Waals surface area contributed by atoms with Crippen LogP contribution in [-0.2, 0) is 4.74 Å². The van der Waals surface area contributed by atoms with Gasteiger partial charge in [0, 0.05) is 18.9 Å². The van der Waals surface area contributed by atoms with Gasteiger partial charge >= 0.3 is 5.25 Å². The summed E-state index contributed by atoms with van der Waals surface area (Å²) in [6, 6.07) is 1.85. The highest BCUT2D eigenvalue weighted by atomic mass is 32.2. The van der Waals surface area contributed by atoms with Gasteiger partial charge in [0.15, 0.2) is 0 Å². The van der Waals surface area contributed by atoms with Crippen molar-refractivity contribution in [3.8, 4) is 0 Å². The molecule has 0 unspecified atom stereocenters. The molecule has 18 heavy (non-hydrogen) atoms. The molecule has 0 heterocycles. The average Bonchev–Trinajstić information content (AvgIpc) is 2.28. The van der Waals surface area contributed by atoms with Crippen LogP contribution in [-0.4, -0.2) is 30.5 Å². The van der Waals surface area contributed by atoms with Gasteiger partial charge in [-0.2, -0.15) is 8.78 Å². The number of thioether (sulfide) groups is 1. The third-order valence-electron chi connectivity index (χ3n) is 2.01. The van der Waals surface area contributed by atoms with Crippen LogP contribution in [0.25, 0.3) is 0 Å². The molecule has 1 rings (SSSR count). The maximum absolute atomic E-state index is 13.4. The van der Waals surface area contributed by atoms with Gasteiger partial charge in [0.05, 0.1) is 12.2 Å². The molecule has 0 bridgehead atoms. The molecule has 7 heteroatoms.